The highest BCUT2D eigenvalue weighted by molar-refractivity contribution is 6.04. The molecular weight excluding hydrogens is 466 g/mol. The average molecular weight is 497 g/mol. The van der Waals surface area contributed by atoms with E-state index in [4.69, 9.17) is 9.90 Å². The second-order valence-electron chi connectivity index (χ2n) is 9.03. The van der Waals surface area contributed by atoms with E-state index in [1.807, 2.05) is 12.1 Å². The number of carboxylic acids is 1. The molecule has 4 rings (SSSR count). The third kappa shape index (κ3) is 5.82. The number of amides is 1. The Kier molecular flexibility index (Phi) is 8.17. The molecule has 3 N–H and O–H groups in total. The summed E-state index contributed by atoms with van der Waals surface area (Å²) in [7, 11) is 0. The van der Waals surface area contributed by atoms with E-state index in [9.17, 15) is 22.4 Å². The van der Waals surface area contributed by atoms with Gasteiger partial charge in [-0.3, -0.25) is 9.28 Å². The molecule has 6 nitrogen and oxygen atoms in total. The van der Waals surface area contributed by atoms with Gasteiger partial charge >= 0.3 is 12.1 Å². The minimum atomic E-state index is -5.08. The van der Waals surface area contributed by atoms with Crippen molar-refractivity contribution in [3.8, 4) is 0 Å². The molecule has 0 aliphatic carbocycles. The van der Waals surface area contributed by atoms with Crippen molar-refractivity contribution in [2.75, 3.05) is 25.0 Å². The van der Waals surface area contributed by atoms with Gasteiger partial charge in [-0.25, -0.2) is 9.18 Å². The van der Waals surface area contributed by atoms with Crippen LogP contribution in [0.3, 0.4) is 0 Å². The molecule has 3 atom stereocenters. The summed E-state index contributed by atoms with van der Waals surface area (Å²) in [6.45, 7) is 7.83. The molecule has 2 fully saturated rings. The van der Waals surface area contributed by atoms with Gasteiger partial charge < -0.3 is 15.7 Å². The lowest BCUT2D eigenvalue weighted by molar-refractivity contribution is -0.192. The van der Waals surface area contributed by atoms with Crippen molar-refractivity contribution in [1.29, 1.82) is 0 Å². The first-order valence-corrected chi connectivity index (χ1v) is 11.5. The van der Waals surface area contributed by atoms with Crippen LogP contribution in [-0.4, -0.2) is 54.9 Å². The standard InChI is InChI=1S/C23H28FN3O.C2HF3O2/c1-16-14-18(26-23(28)20-7-3-4-8-21(20)24)9-10-22(16)27(13-5-6-17(27)2)19-11-12-25-15-19;3-2(4,5)1(6)7/h3-4,7-10,14,17,19,25H,5-6,11-13,15H2,1-2H3;(H,6,7)/p+1. The first-order valence-electron chi connectivity index (χ1n) is 11.5. The number of aliphatic carboxylic acids is 1. The van der Waals surface area contributed by atoms with E-state index in [0.29, 0.717) is 17.8 Å². The number of halogens is 4. The number of carbonyl (C=O) groups is 2. The summed E-state index contributed by atoms with van der Waals surface area (Å²) in [6, 6.07) is 13.4. The number of hydrogen-bond donors (Lipinski definition) is 3. The quantitative estimate of drug-likeness (QED) is 0.417. The molecule has 0 radical (unpaired) electrons. The number of carbonyl (C=O) groups excluding carboxylic acids is 1. The summed E-state index contributed by atoms with van der Waals surface area (Å²) in [4.78, 5) is 21.3. The lowest BCUT2D eigenvalue weighted by Crippen LogP contribution is -2.60. The monoisotopic (exact) mass is 496 g/mol. The molecule has 3 unspecified atom stereocenters. The van der Waals surface area contributed by atoms with Crippen LogP contribution in [0.25, 0.3) is 0 Å². The Morgan fingerprint density at radius 1 is 1.14 bits per heavy atom. The molecule has 35 heavy (non-hydrogen) atoms. The molecule has 0 spiro atoms. The van der Waals surface area contributed by atoms with Gasteiger partial charge in [0.2, 0.25) is 0 Å². The van der Waals surface area contributed by atoms with Crippen LogP contribution in [0.2, 0.25) is 0 Å². The first-order chi connectivity index (χ1) is 16.5. The third-order valence-electron chi connectivity index (χ3n) is 6.89. The molecule has 190 valence electrons. The number of alkyl halides is 3. The van der Waals surface area contributed by atoms with Gasteiger partial charge in [0.15, 0.2) is 0 Å². The number of aryl methyl sites for hydroxylation is 1. The van der Waals surface area contributed by atoms with Gasteiger partial charge in [0, 0.05) is 49.7 Å². The Morgan fingerprint density at radius 3 is 2.34 bits per heavy atom. The third-order valence-corrected chi connectivity index (χ3v) is 6.89. The van der Waals surface area contributed by atoms with Crippen molar-refractivity contribution in [3.63, 3.8) is 0 Å². The van der Waals surface area contributed by atoms with Gasteiger partial charge in [-0.15, -0.1) is 0 Å². The SMILES string of the molecule is Cc1cc(NC(=O)c2ccccc2F)ccc1[N+]1(C2CCNC2)CCCC1C.O=C(O)C(F)(F)F. The minimum Gasteiger partial charge on any atom is -0.475 e. The number of likely N-dealkylation sites (tertiary alicyclic amines) is 1. The van der Waals surface area contributed by atoms with E-state index in [-0.39, 0.29) is 5.56 Å². The number of rotatable bonds is 4. The van der Waals surface area contributed by atoms with Crippen LogP contribution in [0, 0.1) is 12.7 Å². The van der Waals surface area contributed by atoms with E-state index >= 15 is 0 Å². The van der Waals surface area contributed by atoms with Gasteiger partial charge in [-0.05, 0) is 38.1 Å². The summed E-state index contributed by atoms with van der Waals surface area (Å²) in [5.41, 5.74) is 3.33. The Morgan fingerprint density at radius 2 is 1.83 bits per heavy atom. The van der Waals surface area contributed by atoms with Crippen molar-refractivity contribution < 1.29 is 32.3 Å². The Labute approximate surface area is 201 Å². The second-order valence-corrected chi connectivity index (χ2v) is 9.03. The maximum Gasteiger partial charge on any atom is 0.490 e. The number of benzene rings is 2. The number of quaternary nitrogens is 1. The lowest BCUT2D eigenvalue weighted by atomic mass is 10.0. The summed E-state index contributed by atoms with van der Waals surface area (Å²) in [5, 5.41) is 13.5. The summed E-state index contributed by atoms with van der Waals surface area (Å²) in [5.74, 6) is -3.67. The topological polar surface area (TPSA) is 78.4 Å². The summed E-state index contributed by atoms with van der Waals surface area (Å²) >= 11 is 0. The highest BCUT2D eigenvalue weighted by Gasteiger charge is 2.48. The van der Waals surface area contributed by atoms with Crippen LogP contribution >= 0.6 is 0 Å². The van der Waals surface area contributed by atoms with Crippen molar-refractivity contribution in [2.24, 2.45) is 0 Å². The normalized spacial score (nSPS) is 23.9. The fourth-order valence-corrected chi connectivity index (χ4v) is 5.27. The smallest absolute Gasteiger partial charge is 0.475 e. The molecule has 0 saturated carbocycles. The van der Waals surface area contributed by atoms with Crippen LogP contribution in [0.4, 0.5) is 28.9 Å². The fourth-order valence-electron chi connectivity index (χ4n) is 5.27. The molecule has 0 aromatic heterocycles. The van der Waals surface area contributed by atoms with Gasteiger partial charge in [-0.2, -0.15) is 13.2 Å². The number of hydrogen-bond acceptors (Lipinski definition) is 3. The molecule has 2 aliphatic heterocycles. The van der Waals surface area contributed by atoms with Crippen molar-refractivity contribution in [1.82, 2.24) is 9.80 Å². The van der Waals surface area contributed by atoms with E-state index in [0.717, 1.165) is 17.6 Å². The molecular formula is C25H30F4N3O3+. The molecule has 2 saturated heterocycles. The van der Waals surface area contributed by atoms with Gasteiger partial charge in [-0.1, -0.05) is 12.1 Å². The predicted molar refractivity (Wildman–Crippen MR) is 126 cm³/mol. The zero-order chi connectivity index (χ0) is 25.8. The van der Waals surface area contributed by atoms with Crippen LogP contribution in [0.5, 0.6) is 0 Å². The van der Waals surface area contributed by atoms with E-state index in [1.54, 1.807) is 12.1 Å². The summed E-state index contributed by atoms with van der Waals surface area (Å²) in [6.07, 6.45) is -1.37. The second kappa shape index (κ2) is 10.7. The van der Waals surface area contributed by atoms with E-state index in [1.165, 1.54) is 49.2 Å². The molecule has 10 heteroatoms. The molecule has 1 amide bonds. The zero-order valence-electron chi connectivity index (χ0n) is 19.7. The number of carboxylic acid groups (broad SMARTS) is 1. The highest BCUT2D eigenvalue weighted by Crippen LogP contribution is 2.41. The molecule has 2 heterocycles. The van der Waals surface area contributed by atoms with Crippen LogP contribution < -0.4 is 15.1 Å². The van der Waals surface area contributed by atoms with Crippen LogP contribution in [0.1, 0.15) is 42.1 Å². The molecule has 0 bridgehead atoms. The van der Waals surface area contributed by atoms with Crippen LogP contribution in [0.15, 0.2) is 42.5 Å². The summed E-state index contributed by atoms with van der Waals surface area (Å²) < 4.78 is 46.7. The van der Waals surface area contributed by atoms with Crippen molar-refractivity contribution in [3.05, 3.63) is 59.4 Å². The van der Waals surface area contributed by atoms with E-state index in [2.05, 4.69) is 30.5 Å². The first kappa shape index (κ1) is 26.6. The fraction of sp³-hybridized carbons (Fsp3) is 0.440. The maximum atomic E-state index is 13.9. The lowest BCUT2D eigenvalue weighted by Gasteiger charge is -2.44. The average Bonchev–Trinajstić information content (AvgIpc) is 3.44. The largest absolute Gasteiger partial charge is 0.490 e. The van der Waals surface area contributed by atoms with Crippen molar-refractivity contribution in [2.45, 2.75) is 51.4 Å². The number of anilines is 1. The molecule has 2 aromatic rings. The molecule has 2 aromatic carbocycles. The molecule has 2 aliphatic rings. The number of nitrogens with zero attached hydrogens (tertiary/aromatic N) is 1. The van der Waals surface area contributed by atoms with Crippen LogP contribution in [-0.2, 0) is 4.79 Å². The Balaban J connectivity index is 0.000000429. The zero-order valence-corrected chi connectivity index (χ0v) is 19.7. The predicted octanol–water partition coefficient (Wildman–Crippen LogP) is 4.87. The Hall–Kier alpha value is -2.98. The Bertz CT molecular complexity index is 1070. The van der Waals surface area contributed by atoms with Gasteiger partial charge in [0.05, 0.1) is 18.2 Å². The van der Waals surface area contributed by atoms with E-state index < -0.39 is 23.9 Å². The number of nitrogens with one attached hydrogen (secondary N) is 2. The van der Waals surface area contributed by atoms with Gasteiger partial charge in [0.25, 0.3) is 5.91 Å². The van der Waals surface area contributed by atoms with Crippen molar-refractivity contribution >= 4 is 23.3 Å². The highest BCUT2D eigenvalue weighted by atomic mass is 19.4. The minimum absolute atomic E-state index is 0.0675. The van der Waals surface area contributed by atoms with Gasteiger partial charge in [0.1, 0.15) is 17.5 Å². The maximum absolute atomic E-state index is 13.9.